The van der Waals surface area contributed by atoms with Crippen LogP contribution in [-0.4, -0.2) is 24.3 Å². The first-order valence-electron chi connectivity index (χ1n) is 6.41. The second-order valence-corrected chi connectivity index (χ2v) is 5.08. The van der Waals surface area contributed by atoms with Crippen LogP contribution in [0.15, 0.2) is 12.2 Å². The van der Waals surface area contributed by atoms with Crippen molar-refractivity contribution in [2.24, 2.45) is 11.8 Å². The molecule has 2 heteroatoms. The minimum atomic E-state index is 0.304. The molecule has 2 aliphatic carbocycles. The van der Waals surface area contributed by atoms with E-state index in [4.69, 9.17) is 5.11 Å². The Morgan fingerprint density at radius 2 is 1.93 bits per heavy atom. The van der Waals surface area contributed by atoms with Crippen LogP contribution in [0.4, 0.5) is 0 Å². The third-order valence-corrected chi connectivity index (χ3v) is 3.80. The van der Waals surface area contributed by atoms with E-state index in [9.17, 15) is 0 Å². The summed E-state index contributed by atoms with van der Waals surface area (Å²) in [6, 6.07) is 0.518. The standard InChI is InChI=1S/C13H23NO/c15-10-12-6-7-13(8-12)14-9-11-4-2-1-3-5-11/h6-7,11-15H,1-5,8-10H2/t12-,13+/m0/s1. The zero-order chi connectivity index (χ0) is 10.5. The molecule has 0 radical (unpaired) electrons. The Balaban J connectivity index is 1.63. The smallest absolute Gasteiger partial charge is 0.0494 e. The highest BCUT2D eigenvalue weighted by Crippen LogP contribution is 2.24. The number of rotatable bonds is 4. The van der Waals surface area contributed by atoms with Gasteiger partial charge in [0.25, 0.3) is 0 Å². The zero-order valence-corrected chi connectivity index (χ0v) is 9.49. The molecule has 0 unspecified atom stereocenters. The highest BCUT2D eigenvalue weighted by Gasteiger charge is 2.19. The first kappa shape index (κ1) is 11.2. The average molecular weight is 209 g/mol. The predicted octanol–water partition coefficient (Wildman–Crippen LogP) is 2.09. The van der Waals surface area contributed by atoms with E-state index in [1.807, 2.05) is 0 Å². The van der Waals surface area contributed by atoms with E-state index >= 15 is 0 Å². The molecular weight excluding hydrogens is 186 g/mol. The van der Waals surface area contributed by atoms with Gasteiger partial charge in [0.05, 0.1) is 0 Å². The maximum absolute atomic E-state index is 9.02. The Hall–Kier alpha value is -0.340. The highest BCUT2D eigenvalue weighted by molar-refractivity contribution is 5.05. The van der Waals surface area contributed by atoms with Crippen molar-refractivity contribution in [2.75, 3.05) is 13.2 Å². The van der Waals surface area contributed by atoms with Gasteiger partial charge in [0, 0.05) is 18.6 Å². The summed E-state index contributed by atoms with van der Waals surface area (Å²) < 4.78 is 0. The molecule has 2 N–H and O–H groups in total. The average Bonchev–Trinajstić information content (AvgIpc) is 2.76. The number of nitrogens with one attached hydrogen (secondary N) is 1. The van der Waals surface area contributed by atoms with E-state index in [2.05, 4.69) is 17.5 Å². The fourth-order valence-corrected chi connectivity index (χ4v) is 2.77. The summed E-state index contributed by atoms with van der Waals surface area (Å²) in [4.78, 5) is 0. The third kappa shape index (κ3) is 3.32. The van der Waals surface area contributed by atoms with Gasteiger partial charge >= 0.3 is 0 Å². The molecule has 0 spiro atoms. The quantitative estimate of drug-likeness (QED) is 0.695. The van der Waals surface area contributed by atoms with Crippen LogP contribution in [-0.2, 0) is 0 Å². The van der Waals surface area contributed by atoms with Crippen molar-refractivity contribution >= 4 is 0 Å². The molecule has 0 amide bonds. The van der Waals surface area contributed by atoms with Crippen molar-refractivity contribution in [3.63, 3.8) is 0 Å². The summed E-state index contributed by atoms with van der Waals surface area (Å²) in [5.41, 5.74) is 0. The van der Waals surface area contributed by atoms with Gasteiger partial charge < -0.3 is 10.4 Å². The highest BCUT2D eigenvalue weighted by atomic mass is 16.3. The Morgan fingerprint density at radius 3 is 2.60 bits per heavy atom. The predicted molar refractivity (Wildman–Crippen MR) is 62.7 cm³/mol. The van der Waals surface area contributed by atoms with Crippen molar-refractivity contribution in [2.45, 2.75) is 44.6 Å². The molecule has 0 saturated heterocycles. The van der Waals surface area contributed by atoms with E-state index in [0.717, 1.165) is 12.3 Å². The molecule has 1 saturated carbocycles. The molecule has 86 valence electrons. The molecule has 2 aliphatic rings. The molecule has 0 aromatic heterocycles. The fourth-order valence-electron chi connectivity index (χ4n) is 2.77. The minimum absolute atomic E-state index is 0.304. The van der Waals surface area contributed by atoms with Crippen LogP contribution in [0.25, 0.3) is 0 Å². The van der Waals surface area contributed by atoms with Crippen LogP contribution in [0.3, 0.4) is 0 Å². The first-order valence-corrected chi connectivity index (χ1v) is 6.41. The summed E-state index contributed by atoms with van der Waals surface area (Å²) in [6.07, 6.45) is 12.6. The van der Waals surface area contributed by atoms with Gasteiger partial charge in [0.15, 0.2) is 0 Å². The maximum Gasteiger partial charge on any atom is 0.0494 e. The largest absolute Gasteiger partial charge is 0.396 e. The molecule has 2 nitrogen and oxygen atoms in total. The molecular formula is C13H23NO. The van der Waals surface area contributed by atoms with E-state index in [1.54, 1.807) is 0 Å². The Labute approximate surface area is 92.8 Å². The summed E-state index contributed by atoms with van der Waals surface area (Å²) in [6.45, 7) is 1.48. The molecule has 15 heavy (non-hydrogen) atoms. The van der Waals surface area contributed by atoms with E-state index in [1.165, 1.54) is 38.6 Å². The van der Waals surface area contributed by atoms with Gasteiger partial charge in [-0.15, -0.1) is 0 Å². The topological polar surface area (TPSA) is 32.3 Å². The SMILES string of the molecule is OC[C@H]1C=C[C@@H](NCC2CCCCC2)C1. The molecule has 0 heterocycles. The molecule has 0 aliphatic heterocycles. The molecule has 0 aromatic rings. The van der Waals surface area contributed by atoms with E-state index < -0.39 is 0 Å². The summed E-state index contributed by atoms with van der Waals surface area (Å²) in [7, 11) is 0. The molecule has 2 atom stereocenters. The summed E-state index contributed by atoms with van der Waals surface area (Å²) >= 11 is 0. The lowest BCUT2D eigenvalue weighted by atomic mass is 9.89. The lowest BCUT2D eigenvalue weighted by molar-refractivity contribution is 0.244. The Kier molecular flexibility index (Phi) is 4.21. The number of hydrogen-bond donors (Lipinski definition) is 2. The van der Waals surface area contributed by atoms with Gasteiger partial charge in [-0.2, -0.15) is 0 Å². The maximum atomic E-state index is 9.02. The lowest BCUT2D eigenvalue weighted by Gasteiger charge is -2.23. The van der Waals surface area contributed by atoms with Crippen LogP contribution in [0.1, 0.15) is 38.5 Å². The van der Waals surface area contributed by atoms with Crippen molar-refractivity contribution in [3.05, 3.63) is 12.2 Å². The molecule has 0 aromatic carbocycles. The van der Waals surface area contributed by atoms with Crippen molar-refractivity contribution in [1.29, 1.82) is 0 Å². The zero-order valence-electron chi connectivity index (χ0n) is 9.49. The fraction of sp³-hybridized carbons (Fsp3) is 0.846. The Morgan fingerprint density at radius 1 is 1.13 bits per heavy atom. The van der Waals surface area contributed by atoms with Crippen LogP contribution < -0.4 is 5.32 Å². The number of aliphatic hydroxyl groups is 1. The van der Waals surface area contributed by atoms with Crippen molar-refractivity contribution in [3.8, 4) is 0 Å². The number of aliphatic hydroxyl groups excluding tert-OH is 1. The molecule has 1 fully saturated rings. The van der Waals surface area contributed by atoms with Gasteiger partial charge in [-0.25, -0.2) is 0 Å². The molecule has 2 rings (SSSR count). The number of hydrogen-bond acceptors (Lipinski definition) is 2. The second kappa shape index (κ2) is 5.66. The summed E-state index contributed by atoms with van der Waals surface area (Å²) in [5.74, 6) is 1.30. The van der Waals surface area contributed by atoms with Crippen molar-refractivity contribution in [1.82, 2.24) is 5.32 Å². The molecule has 0 bridgehead atoms. The van der Waals surface area contributed by atoms with Crippen LogP contribution >= 0.6 is 0 Å². The van der Waals surface area contributed by atoms with Gasteiger partial charge in [-0.3, -0.25) is 0 Å². The monoisotopic (exact) mass is 209 g/mol. The minimum Gasteiger partial charge on any atom is -0.396 e. The first-order chi connectivity index (χ1) is 7.38. The van der Waals surface area contributed by atoms with Crippen LogP contribution in [0.2, 0.25) is 0 Å². The van der Waals surface area contributed by atoms with Gasteiger partial charge in [-0.05, 0) is 31.7 Å². The van der Waals surface area contributed by atoms with Gasteiger partial charge in [-0.1, -0.05) is 31.4 Å². The van der Waals surface area contributed by atoms with Crippen LogP contribution in [0.5, 0.6) is 0 Å². The third-order valence-electron chi connectivity index (χ3n) is 3.80. The summed E-state index contributed by atoms with van der Waals surface area (Å²) in [5, 5.41) is 12.6. The second-order valence-electron chi connectivity index (χ2n) is 5.08. The van der Waals surface area contributed by atoms with Crippen molar-refractivity contribution < 1.29 is 5.11 Å². The van der Waals surface area contributed by atoms with E-state index in [0.29, 0.717) is 18.6 Å². The normalized spacial score (nSPS) is 32.3. The Bertz CT molecular complexity index is 209. The van der Waals surface area contributed by atoms with Crippen LogP contribution in [0, 0.1) is 11.8 Å². The van der Waals surface area contributed by atoms with E-state index in [-0.39, 0.29) is 0 Å². The van der Waals surface area contributed by atoms with Gasteiger partial charge in [0.2, 0.25) is 0 Å². The van der Waals surface area contributed by atoms with Gasteiger partial charge in [0.1, 0.15) is 0 Å². The lowest BCUT2D eigenvalue weighted by Crippen LogP contribution is -2.32.